The van der Waals surface area contributed by atoms with Gasteiger partial charge in [-0.05, 0) is 67.9 Å². The molecule has 1 amide bonds. The van der Waals surface area contributed by atoms with Crippen LogP contribution in [0, 0.1) is 0 Å². The van der Waals surface area contributed by atoms with Crippen LogP contribution in [0.2, 0.25) is 0 Å². The van der Waals surface area contributed by atoms with E-state index in [1.807, 2.05) is 24.3 Å². The first kappa shape index (κ1) is 21.8. The lowest BCUT2D eigenvalue weighted by atomic mass is 10.2. The van der Waals surface area contributed by atoms with Gasteiger partial charge >= 0.3 is 0 Å². The van der Waals surface area contributed by atoms with E-state index in [-0.39, 0.29) is 16.8 Å². The summed E-state index contributed by atoms with van der Waals surface area (Å²) in [5.74, 6) is 0.415. The predicted molar refractivity (Wildman–Crippen MR) is 113 cm³/mol. The zero-order valence-electron chi connectivity index (χ0n) is 16.8. The third-order valence-electron chi connectivity index (χ3n) is 4.10. The van der Waals surface area contributed by atoms with Crippen LogP contribution in [0.3, 0.4) is 0 Å². The molecule has 0 saturated heterocycles. The first-order valence-corrected chi connectivity index (χ1v) is 10.9. The van der Waals surface area contributed by atoms with Crippen molar-refractivity contribution in [2.45, 2.75) is 38.0 Å². The van der Waals surface area contributed by atoms with Crippen molar-refractivity contribution in [3.05, 3.63) is 83.8 Å². The molecule has 2 aromatic carbocycles. The summed E-state index contributed by atoms with van der Waals surface area (Å²) in [5, 5.41) is 2.81. The van der Waals surface area contributed by atoms with Crippen molar-refractivity contribution in [2.75, 3.05) is 5.32 Å². The Balaban J connectivity index is 1.60. The third-order valence-corrected chi connectivity index (χ3v) is 5.77. The average molecular weight is 429 g/mol. The van der Waals surface area contributed by atoms with E-state index in [1.54, 1.807) is 32.2 Å². The van der Waals surface area contributed by atoms with Crippen molar-refractivity contribution in [1.29, 1.82) is 0 Å². The minimum atomic E-state index is -3.59. The number of carbonyl (C=O) groups is 1. The standard InChI is InChI=1S/C22H24N2O5S/c1-16(2)24-30(26,27)21-10-8-18(9-11-21)22(25)23-19-6-3-5-17(13-19)14-28-15-20-7-4-12-29-20/h3-13,16,24H,14-15H2,1-2H3,(H,23,25). The molecular formula is C22H24N2O5S. The van der Waals surface area contributed by atoms with Crippen molar-refractivity contribution < 1.29 is 22.4 Å². The van der Waals surface area contributed by atoms with Crippen LogP contribution in [0.1, 0.15) is 35.5 Å². The van der Waals surface area contributed by atoms with Crippen molar-refractivity contribution in [1.82, 2.24) is 4.72 Å². The molecule has 0 spiro atoms. The predicted octanol–water partition coefficient (Wildman–Crippen LogP) is 3.94. The number of nitrogens with one attached hydrogen (secondary N) is 2. The molecule has 0 aliphatic heterocycles. The number of hydrogen-bond acceptors (Lipinski definition) is 5. The van der Waals surface area contributed by atoms with E-state index in [2.05, 4.69) is 10.0 Å². The minimum absolute atomic E-state index is 0.114. The lowest BCUT2D eigenvalue weighted by Gasteiger charge is -2.11. The molecule has 1 aromatic heterocycles. The van der Waals surface area contributed by atoms with Crippen LogP contribution in [0.5, 0.6) is 0 Å². The maximum atomic E-state index is 12.5. The van der Waals surface area contributed by atoms with Crippen LogP contribution < -0.4 is 10.0 Å². The molecule has 0 saturated carbocycles. The fourth-order valence-electron chi connectivity index (χ4n) is 2.77. The second kappa shape index (κ2) is 9.71. The molecule has 8 heteroatoms. The Hall–Kier alpha value is -2.94. The van der Waals surface area contributed by atoms with Gasteiger partial charge in [0.2, 0.25) is 10.0 Å². The van der Waals surface area contributed by atoms with Crippen LogP contribution in [0.15, 0.2) is 76.2 Å². The van der Waals surface area contributed by atoms with Gasteiger partial charge < -0.3 is 14.5 Å². The highest BCUT2D eigenvalue weighted by atomic mass is 32.2. The number of ether oxygens (including phenoxy) is 1. The lowest BCUT2D eigenvalue weighted by Crippen LogP contribution is -2.30. The first-order valence-electron chi connectivity index (χ1n) is 9.46. The largest absolute Gasteiger partial charge is 0.467 e. The van der Waals surface area contributed by atoms with E-state index in [0.29, 0.717) is 24.5 Å². The summed E-state index contributed by atoms with van der Waals surface area (Å²) in [6, 6.07) is 16.6. The van der Waals surface area contributed by atoms with Gasteiger partial charge in [0.25, 0.3) is 5.91 Å². The molecule has 0 fully saturated rings. The smallest absolute Gasteiger partial charge is 0.255 e. The molecule has 0 atom stereocenters. The topological polar surface area (TPSA) is 97.6 Å². The van der Waals surface area contributed by atoms with Crippen LogP contribution in [-0.2, 0) is 28.0 Å². The van der Waals surface area contributed by atoms with Crippen molar-refractivity contribution in [3.8, 4) is 0 Å². The van der Waals surface area contributed by atoms with Crippen molar-refractivity contribution in [3.63, 3.8) is 0 Å². The summed E-state index contributed by atoms with van der Waals surface area (Å²) in [7, 11) is -3.59. The fraction of sp³-hybridized carbons (Fsp3) is 0.227. The molecule has 3 rings (SSSR count). The van der Waals surface area contributed by atoms with Gasteiger partial charge in [-0.2, -0.15) is 0 Å². The fourth-order valence-corrected chi connectivity index (χ4v) is 4.02. The molecule has 3 aromatic rings. The highest BCUT2D eigenvalue weighted by molar-refractivity contribution is 7.89. The number of sulfonamides is 1. The number of carbonyl (C=O) groups excluding carboxylic acids is 1. The Labute approximate surface area is 176 Å². The maximum absolute atomic E-state index is 12.5. The second-order valence-electron chi connectivity index (χ2n) is 7.03. The van der Waals surface area contributed by atoms with Crippen LogP contribution >= 0.6 is 0 Å². The maximum Gasteiger partial charge on any atom is 0.255 e. The molecule has 1 heterocycles. The van der Waals surface area contributed by atoms with Crippen LogP contribution in [-0.4, -0.2) is 20.4 Å². The third kappa shape index (κ3) is 6.03. The van der Waals surface area contributed by atoms with Gasteiger partial charge in [0, 0.05) is 17.3 Å². The summed E-state index contributed by atoms with van der Waals surface area (Å²) in [6.45, 7) is 4.23. The van der Waals surface area contributed by atoms with E-state index in [0.717, 1.165) is 11.3 Å². The summed E-state index contributed by atoms with van der Waals surface area (Å²) in [4.78, 5) is 12.6. The van der Waals surface area contributed by atoms with Crippen LogP contribution in [0.25, 0.3) is 0 Å². The summed E-state index contributed by atoms with van der Waals surface area (Å²) < 4.78 is 37.7. The molecule has 7 nitrogen and oxygen atoms in total. The number of furan rings is 1. The second-order valence-corrected chi connectivity index (χ2v) is 8.74. The first-order chi connectivity index (χ1) is 14.3. The molecule has 0 bridgehead atoms. The molecule has 0 aliphatic rings. The number of anilines is 1. The van der Waals surface area contributed by atoms with E-state index in [9.17, 15) is 13.2 Å². The number of rotatable bonds is 9. The average Bonchev–Trinajstić information content (AvgIpc) is 3.21. The van der Waals surface area contributed by atoms with Crippen molar-refractivity contribution in [2.24, 2.45) is 0 Å². The summed E-state index contributed by atoms with van der Waals surface area (Å²) >= 11 is 0. The van der Waals surface area contributed by atoms with E-state index in [4.69, 9.17) is 9.15 Å². The minimum Gasteiger partial charge on any atom is -0.467 e. The summed E-state index contributed by atoms with van der Waals surface area (Å²) in [6.07, 6.45) is 1.59. The lowest BCUT2D eigenvalue weighted by molar-refractivity contribution is 0.0929. The van der Waals surface area contributed by atoms with Crippen molar-refractivity contribution >= 4 is 21.6 Å². The zero-order chi connectivity index (χ0) is 21.6. The van der Waals surface area contributed by atoms with Gasteiger partial charge in [-0.15, -0.1) is 0 Å². The molecular weight excluding hydrogens is 404 g/mol. The molecule has 2 N–H and O–H groups in total. The van der Waals surface area contributed by atoms with E-state index >= 15 is 0 Å². The Bertz CT molecular complexity index is 1070. The molecule has 0 unspecified atom stereocenters. The SMILES string of the molecule is CC(C)NS(=O)(=O)c1ccc(C(=O)Nc2cccc(COCc3ccco3)c2)cc1. The summed E-state index contributed by atoms with van der Waals surface area (Å²) in [5.41, 5.74) is 1.88. The molecule has 0 aliphatic carbocycles. The Morgan fingerprint density at radius 1 is 1.03 bits per heavy atom. The zero-order valence-corrected chi connectivity index (χ0v) is 17.6. The number of amides is 1. The Morgan fingerprint density at radius 2 is 1.80 bits per heavy atom. The van der Waals surface area contributed by atoms with Gasteiger partial charge in [0.05, 0.1) is 17.8 Å². The quantitative estimate of drug-likeness (QED) is 0.538. The van der Waals surface area contributed by atoms with Gasteiger partial charge in [0.15, 0.2) is 0 Å². The van der Waals surface area contributed by atoms with E-state index in [1.165, 1.54) is 24.3 Å². The highest BCUT2D eigenvalue weighted by Crippen LogP contribution is 2.16. The normalized spacial score (nSPS) is 11.6. The Morgan fingerprint density at radius 3 is 2.47 bits per heavy atom. The Kier molecular flexibility index (Phi) is 7.04. The molecule has 0 radical (unpaired) electrons. The van der Waals surface area contributed by atoms with Gasteiger partial charge in [-0.1, -0.05) is 12.1 Å². The van der Waals surface area contributed by atoms with Gasteiger partial charge in [0.1, 0.15) is 12.4 Å². The number of benzene rings is 2. The number of hydrogen-bond donors (Lipinski definition) is 2. The van der Waals surface area contributed by atoms with Crippen LogP contribution in [0.4, 0.5) is 5.69 Å². The van der Waals surface area contributed by atoms with E-state index < -0.39 is 10.0 Å². The highest BCUT2D eigenvalue weighted by Gasteiger charge is 2.16. The molecule has 158 valence electrons. The monoisotopic (exact) mass is 428 g/mol. The molecule has 30 heavy (non-hydrogen) atoms. The van der Waals surface area contributed by atoms with Gasteiger partial charge in [-0.25, -0.2) is 13.1 Å². The van der Waals surface area contributed by atoms with Gasteiger partial charge in [-0.3, -0.25) is 4.79 Å².